The van der Waals surface area contributed by atoms with E-state index < -0.39 is 12.9 Å². The Morgan fingerprint density at radius 3 is 2.24 bits per heavy atom. The molecule has 118 valence electrons. The maximum absolute atomic E-state index is 13.2. The molecule has 1 aliphatic carbocycles. The zero-order valence-electron chi connectivity index (χ0n) is 13.3. The summed E-state index contributed by atoms with van der Waals surface area (Å²) < 4.78 is 24.3. The van der Waals surface area contributed by atoms with Gasteiger partial charge in [0.15, 0.2) is 0 Å². The Bertz CT molecular complexity index is 498. The summed E-state index contributed by atoms with van der Waals surface area (Å²) in [7, 11) is -3.15. The number of rotatable bonds is 8. The highest BCUT2D eigenvalue weighted by molar-refractivity contribution is 7.56. The average Bonchev–Trinajstić information content (AvgIpc) is 3.12. The van der Waals surface area contributed by atoms with Crippen molar-refractivity contribution in [2.24, 2.45) is 5.92 Å². The van der Waals surface area contributed by atoms with Crippen molar-refractivity contribution in [3.8, 4) is 0 Å². The normalized spacial score (nSPS) is 26.6. The molecule has 3 atom stereocenters. The van der Waals surface area contributed by atoms with Crippen LogP contribution in [0.2, 0.25) is 0 Å². The lowest BCUT2D eigenvalue weighted by atomic mass is 10.1. The van der Waals surface area contributed by atoms with Gasteiger partial charge in [0.1, 0.15) is 5.28 Å². The maximum Gasteiger partial charge on any atom is 0.350 e. The van der Waals surface area contributed by atoms with Crippen molar-refractivity contribution in [1.29, 1.82) is 0 Å². The summed E-state index contributed by atoms with van der Waals surface area (Å²) in [4.78, 5) is 0. The van der Waals surface area contributed by atoms with Gasteiger partial charge in [0.25, 0.3) is 0 Å². The van der Waals surface area contributed by atoms with Gasteiger partial charge in [-0.2, -0.15) is 0 Å². The predicted octanol–water partition coefficient (Wildman–Crippen LogP) is 4.34. The number of hydrogen-bond acceptors (Lipinski definition) is 4. The SMILES string of the molecule is CCOP(=O)(OCC)[C@]1(N[C@@H](C)c2ccccc2)C[C@H]1C. The fraction of sp³-hybridized carbons (Fsp3) is 0.625. The smallest absolute Gasteiger partial charge is 0.308 e. The second-order valence-corrected chi connectivity index (χ2v) is 7.95. The van der Waals surface area contributed by atoms with Crippen LogP contribution < -0.4 is 5.32 Å². The van der Waals surface area contributed by atoms with Crippen molar-refractivity contribution < 1.29 is 13.6 Å². The molecular weight excluding hydrogens is 285 g/mol. The van der Waals surface area contributed by atoms with Gasteiger partial charge in [-0.25, -0.2) is 0 Å². The van der Waals surface area contributed by atoms with E-state index in [4.69, 9.17) is 9.05 Å². The molecule has 0 amide bonds. The van der Waals surface area contributed by atoms with Crippen LogP contribution in [0, 0.1) is 5.92 Å². The first-order valence-corrected chi connectivity index (χ1v) is 9.25. The van der Waals surface area contributed by atoms with Gasteiger partial charge in [0.2, 0.25) is 0 Å². The molecule has 1 N–H and O–H groups in total. The Labute approximate surface area is 127 Å². The fourth-order valence-electron chi connectivity index (χ4n) is 2.88. The second kappa shape index (κ2) is 6.62. The predicted molar refractivity (Wildman–Crippen MR) is 85.4 cm³/mol. The van der Waals surface area contributed by atoms with Crippen molar-refractivity contribution >= 4 is 7.60 Å². The summed E-state index contributed by atoms with van der Waals surface area (Å²) in [6, 6.07) is 10.3. The van der Waals surface area contributed by atoms with E-state index in [-0.39, 0.29) is 12.0 Å². The molecular formula is C16H26NO3P. The highest BCUT2D eigenvalue weighted by Crippen LogP contribution is 2.72. The molecule has 4 nitrogen and oxygen atoms in total. The fourth-order valence-corrected chi connectivity index (χ4v) is 5.48. The van der Waals surface area contributed by atoms with Gasteiger partial charge in [-0.05, 0) is 38.7 Å². The van der Waals surface area contributed by atoms with Crippen LogP contribution in [0.1, 0.15) is 45.7 Å². The van der Waals surface area contributed by atoms with Crippen LogP contribution in [0.4, 0.5) is 0 Å². The standard InChI is InChI=1S/C16H26NO3P/c1-5-19-21(18,20-6-2)16(12-13(16)3)17-14(4)15-10-8-7-9-11-15/h7-11,13-14,17H,5-6,12H2,1-4H3/t13-,14+,16-/m1/s1. The molecule has 0 radical (unpaired) electrons. The van der Waals surface area contributed by atoms with Crippen LogP contribution >= 0.6 is 7.60 Å². The van der Waals surface area contributed by atoms with Crippen LogP contribution in [0.25, 0.3) is 0 Å². The van der Waals surface area contributed by atoms with Gasteiger partial charge in [-0.3, -0.25) is 9.88 Å². The highest BCUT2D eigenvalue weighted by atomic mass is 31.2. The molecule has 0 unspecified atom stereocenters. The third kappa shape index (κ3) is 3.24. The molecule has 0 aliphatic heterocycles. The number of nitrogens with one attached hydrogen (secondary N) is 1. The Morgan fingerprint density at radius 2 is 1.81 bits per heavy atom. The van der Waals surface area contributed by atoms with Crippen LogP contribution in [-0.4, -0.2) is 18.5 Å². The average molecular weight is 311 g/mol. The zero-order chi connectivity index (χ0) is 15.5. The molecule has 0 heterocycles. The molecule has 1 saturated carbocycles. The van der Waals surface area contributed by atoms with Gasteiger partial charge in [-0.15, -0.1) is 0 Å². The first-order chi connectivity index (χ1) is 9.99. The van der Waals surface area contributed by atoms with Gasteiger partial charge >= 0.3 is 7.60 Å². The van der Waals surface area contributed by atoms with E-state index in [1.165, 1.54) is 5.56 Å². The monoisotopic (exact) mass is 311 g/mol. The Hall–Kier alpha value is -0.670. The van der Waals surface area contributed by atoms with E-state index in [1.807, 2.05) is 32.0 Å². The molecule has 1 aromatic carbocycles. The topological polar surface area (TPSA) is 47.6 Å². The minimum atomic E-state index is -3.15. The van der Waals surface area contributed by atoms with E-state index >= 15 is 0 Å². The summed E-state index contributed by atoms with van der Waals surface area (Å²) in [6.45, 7) is 8.68. The summed E-state index contributed by atoms with van der Waals surface area (Å²) in [5.74, 6) is 0.285. The summed E-state index contributed by atoms with van der Waals surface area (Å²) in [6.07, 6.45) is 0.821. The van der Waals surface area contributed by atoms with E-state index in [9.17, 15) is 4.57 Å². The van der Waals surface area contributed by atoms with Gasteiger partial charge in [-0.1, -0.05) is 37.3 Å². The Morgan fingerprint density at radius 1 is 1.29 bits per heavy atom. The summed E-state index contributed by atoms with van der Waals surface area (Å²) in [5.41, 5.74) is 1.18. The van der Waals surface area contributed by atoms with Crippen LogP contribution in [0.5, 0.6) is 0 Å². The first-order valence-electron chi connectivity index (χ1n) is 7.71. The minimum Gasteiger partial charge on any atom is -0.308 e. The molecule has 2 rings (SSSR count). The van der Waals surface area contributed by atoms with Crippen molar-refractivity contribution in [3.63, 3.8) is 0 Å². The van der Waals surface area contributed by atoms with Gasteiger partial charge < -0.3 is 9.05 Å². The molecule has 1 fully saturated rings. The van der Waals surface area contributed by atoms with Crippen molar-refractivity contribution in [3.05, 3.63) is 35.9 Å². The summed E-state index contributed by atoms with van der Waals surface area (Å²) in [5, 5.41) is 2.98. The molecule has 0 aromatic heterocycles. The molecule has 0 bridgehead atoms. The third-order valence-electron chi connectivity index (χ3n) is 4.13. The molecule has 1 aromatic rings. The van der Waals surface area contributed by atoms with Crippen LogP contribution in [-0.2, 0) is 13.6 Å². The molecule has 5 heteroatoms. The van der Waals surface area contributed by atoms with Crippen LogP contribution in [0.15, 0.2) is 30.3 Å². The first kappa shape index (κ1) is 16.7. The van der Waals surface area contributed by atoms with Gasteiger partial charge in [0.05, 0.1) is 13.2 Å². The molecule has 0 saturated heterocycles. The largest absolute Gasteiger partial charge is 0.350 e. The van der Waals surface area contributed by atoms with Crippen molar-refractivity contribution in [1.82, 2.24) is 5.32 Å². The highest BCUT2D eigenvalue weighted by Gasteiger charge is 2.66. The molecule has 21 heavy (non-hydrogen) atoms. The lowest BCUT2D eigenvalue weighted by Crippen LogP contribution is -2.36. The lowest BCUT2D eigenvalue weighted by Gasteiger charge is -2.30. The van der Waals surface area contributed by atoms with E-state index in [2.05, 4.69) is 31.3 Å². The lowest BCUT2D eigenvalue weighted by molar-refractivity contribution is 0.199. The number of hydrogen-bond donors (Lipinski definition) is 1. The van der Waals surface area contributed by atoms with Crippen LogP contribution in [0.3, 0.4) is 0 Å². The zero-order valence-corrected chi connectivity index (χ0v) is 14.2. The number of benzene rings is 1. The van der Waals surface area contributed by atoms with Crippen molar-refractivity contribution in [2.45, 2.75) is 45.4 Å². The quantitative estimate of drug-likeness (QED) is 0.726. The second-order valence-electron chi connectivity index (χ2n) is 5.64. The van der Waals surface area contributed by atoms with E-state index in [1.54, 1.807) is 0 Å². The third-order valence-corrected chi connectivity index (χ3v) is 7.05. The minimum absolute atomic E-state index is 0.102. The maximum atomic E-state index is 13.2. The summed E-state index contributed by atoms with van der Waals surface area (Å²) >= 11 is 0. The molecule has 1 aliphatic rings. The van der Waals surface area contributed by atoms with Crippen molar-refractivity contribution in [2.75, 3.05) is 13.2 Å². The van der Waals surface area contributed by atoms with E-state index in [0.29, 0.717) is 13.2 Å². The van der Waals surface area contributed by atoms with E-state index in [0.717, 1.165) is 6.42 Å². The molecule has 0 spiro atoms. The van der Waals surface area contributed by atoms with Gasteiger partial charge in [0, 0.05) is 6.04 Å². The Kier molecular flexibility index (Phi) is 5.26. The Balaban J connectivity index is 2.20.